The van der Waals surface area contributed by atoms with E-state index in [0.29, 0.717) is 6.42 Å². The van der Waals surface area contributed by atoms with Crippen LogP contribution < -0.4 is 4.74 Å². The third-order valence-corrected chi connectivity index (χ3v) is 6.47. The molecule has 4 rings (SSSR count). The van der Waals surface area contributed by atoms with Gasteiger partial charge in [-0.05, 0) is 35.7 Å². The van der Waals surface area contributed by atoms with Crippen LogP contribution in [0.1, 0.15) is 28.2 Å². The summed E-state index contributed by atoms with van der Waals surface area (Å²) in [5.74, 6) is 0.687. The van der Waals surface area contributed by atoms with E-state index in [1.807, 2.05) is 30.3 Å². The van der Waals surface area contributed by atoms with Gasteiger partial charge in [0.2, 0.25) is 0 Å². The van der Waals surface area contributed by atoms with E-state index in [0.717, 1.165) is 55.3 Å². The normalized spacial score (nSPS) is 17.5. The lowest BCUT2D eigenvalue weighted by Crippen LogP contribution is -2.45. The summed E-state index contributed by atoms with van der Waals surface area (Å²) in [7, 11) is 1.67. The number of aliphatic hydroxyl groups is 1. The van der Waals surface area contributed by atoms with Gasteiger partial charge in [0.25, 0.3) is 0 Å². The van der Waals surface area contributed by atoms with Gasteiger partial charge in [0.05, 0.1) is 20.3 Å². The summed E-state index contributed by atoms with van der Waals surface area (Å²) in [6.45, 7) is 6.10. The molecule has 0 aromatic heterocycles. The molecule has 0 saturated carbocycles. The molecule has 0 spiro atoms. The van der Waals surface area contributed by atoms with Crippen LogP contribution in [-0.2, 0) is 16.8 Å². The zero-order valence-electron chi connectivity index (χ0n) is 19.0. The van der Waals surface area contributed by atoms with E-state index in [2.05, 4.69) is 60.4 Å². The molecule has 1 heterocycles. The Morgan fingerprint density at radius 2 is 1.69 bits per heavy atom. The fourth-order valence-corrected chi connectivity index (χ4v) is 4.70. The summed E-state index contributed by atoms with van der Waals surface area (Å²) in [5.41, 5.74) is 3.29. The number of ether oxygens (including phenoxy) is 2. The molecule has 3 aromatic rings. The smallest absolute Gasteiger partial charge is 0.118 e. The van der Waals surface area contributed by atoms with Crippen molar-refractivity contribution in [3.63, 3.8) is 0 Å². The summed E-state index contributed by atoms with van der Waals surface area (Å²) >= 11 is 0. The lowest BCUT2D eigenvalue weighted by atomic mass is 9.73. The molecule has 0 radical (unpaired) electrons. The Bertz CT molecular complexity index is 983. The van der Waals surface area contributed by atoms with Gasteiger partial charge in [-0.1, -0.05) is 72.3 Å². The number of rotatable bonds is 8. The van der Waals surface area contributed by atoms with Gasteiger partial charge in [-0.2, -0.15) is 0 Å². The summed E-state index contributed by atoms with van der Waals surface area (Å²) in [4.78, 5) is 2.41. The molecule has 1 fully saturated rings. The van der Waals surface area contributed by atoms with Crippen LogP contribution in [-0.4, -0.2) is 50.0 Å². The molecule has 1 aliphatic heterocycles. The first-order chi connectivity index (χ1) is 15.6. The van der Waals surface area contributed by atoms with Gasteiger partial charge in [-0.3, -0.25) is 4.90 Å². The van der Waals surface area contributed by atoms with E-state index in [9.17, 15) is 5.11 Å². The van der Waals surface area contributed by atoms with E-state index in [4.69, 9.17) is 9.47 Å². The molecule has 3 aromatic carbocycles. The molecule has 1 aliphatic rings. The molecule has 168 valence electrons. The average Bonchev–Trinajstić information content (AvgIpc) is 2.84. The first-order valence-corrected chi connectivity index (χ1v) is 11.4. The molecule has 1 N–H and O–H groups in total. The van der Waals surface area contributed by atoms with Crippen molar-refractivity contribution in [2.45, 2.75) is 24.9 Å². The van der Waals surface area contributed by atoms with Crippen LogP contribution in [0.25, 0.3) is 0 Å². The number of nitrogens with zero attached hydrogens (tertiary/aromatic N) is 1. The summed E-state index contributed by atoms with van der Waals surface area (Å²) in [5, 5.41) is 12.5. The molecule has 1 saturated heterocycles. The van der Waals surface area contributed by atoms with Crippen LogP contribution in [0.4, 0.5) is 0 Å². The third kappa shape index (κ3) is 5.21. The quantitative estimate of drug-likeness (QED) is 0.568. The minimum Gasteiger partial charge on any atom is -0.497 e. The molecule has 32 heavy (non-hydrogen) atoms. The largest absolute Gasteiger partial charge is 0.497 e. The highest BCUT2D eigenvalue weighted by molar-refractivity contribution is 5.38. The highest BCUT2D eigenvalue weighted by Crippen LogP contribution is 2.41. The standard InChI is InChI=1S/C28H33NO3/c1-22-7-6-8-23(19-22)20-28(30,25-11-13-26(31-2)14-12-25)27(24-9-4-3-5-10-24)21-29-15-17-32-18-16-29/h3-14,19,27,30H,15-18,20-21H2,1-2H3/t27-,28+/m0/s1. The van der Waals surface area contributed by atoms with Crippen molar-refractivity contribution in [3.05, 3.63) is 101 Å². The maximum absolute atomic E-state index is 12.5. The van der Waals surface area contributed by atoms with Crippen molar-refractivity contribution >= 4 is 0 Å². The summed E-state index contributed by atoms with van der Waals surface area (Å²) < 4.78 is 11.0. The van der Waals surface area contributed by atoms with E-state index in [1.165, 1.54) is 5.56 Å². The van der Waals surface area contributed by atoms with Crippen LogP contribution in [0, 0.1) is 6.92 Å². The van der Waals surface area contributed by atoms with E-state index in [-0.39, 0.29) is 5.92 Å². The monoisotopic (exact) mass is 431 g/mol. The lowest BCUT2D eigenvalue weighted by molar-refractivity contribution is -0.0223. The van der Waals surface area contributed by atoms with Crippen molar-refractivity contribution in [2.24, 2.45) is 0 Å². The fraction of sp³-hybridized carbons (Fsp3) is 0.357. The third-order valence-electron chi connectivity index (χ3n) is 6.47. The van der Waals surface area contributed by atoms with Gasteiger partial charge < -0.3 is 14.6 Å². The fourth-order valence-electron chi connectivity index (χ4n) is 4.70. The van der Waals surface area contributed by atoms with Crippen molar-refractivity contribution in [1.29, 1.82) is 0 Å². The van der Waals surface area contributed by atoms with Crippen LogP contribution in [0.3, 0.4) is 0 Å². The van der Waals surface area contributed by atoms with Gasteiger partial charge >= 0.3 is 0 Å². The molecule has 4 nitrogen and oxygen atoms in total. The highest BCUT2D eigenvalue weighted by atomic mass is 16.5. The minimum atomic E-state index is -1.08. The van der Waals surface area contributed by atoms with Crippen molar-refractivity contribution in [1.82, 2.24) is 4.90 Å². The zero-order valence-corrected chi connectivity index (χ0v) is 19.0. The second kappa shape index (κ2) is 10.3. The van der Waals surface area contributed by atoms with E-state index in [1.54, 1.807) is 7.11 Å². The van der Waals surface area contributed by atoms with Crippen molar-refractivity contribution in [3.8, 4) is 5.75 Å². The predicted molar refractivity (Wildman–Crippen MR) is 128 cm³/mol. The molecule has 0 unspecified atom stereocenters. The maximum atomic E-state index is 12.5. The van der Waals surface area contributed by atoms with Gasteiger partial charge in [0.1, 0.15) is 11.4 Å². The Kier molecular flexibility index (Phi) is 7.26. The minimum absolute atomic E-state index is 0.101. The van der Waals surface area contributed by atoms with Gasteiger partial charge in [0.15, 0.2) is 0 Å². The number of morpholine rings is 1. The Morgan fingerprint density at radius 3 is 2.34 bits per heavy atom. The second-order valence-electron chi connectivity index (χ2n) is 8.69. The van der Waals surface area contributed by atoms with Gasteiger partial charge in [-0.15, -0.1) is 0 Å². The molecule has 4 heteroatoms. The lowest BCUT2D eigenvalue weighted by Gasteiger charge is -2.41. The molecular weight excluding hydrogens is 398 g/mol. The molecule has 2 atom stereocenters. The predicted octanol–water partition coefficient (Wildman–Crippen LogP) is 4.55. The maximum Gasteiger partial charge on any atom is 0.118 e. The van der Waals surface area contributed by atoms with Crippen LogP contribution in [0.5, 0.6) is 5.75 Å². The van der Waals surface area contributed by atoms with Crippen LogP contribution >= 0.6 is 0 Å². The molecule has 0 aliphatic carbocycles. The van der Waals surface area contributed by atoms with Crippen LogP contribution in [0.2, 0.25) is 0 Å². The first kappa shape index (κ1) is 22.5. The summed E-state index contributed by atoms with van der Waals surface area (Å²) in [6, 6.07) is 26.7. The van der Waals surface area contributed by atoms with E-state index < -0.39 is 5.60 Å². The van der Waals surface area contributed by atoms with Crippen LogP contribution in [0.15, 0.2) is 78.9 Å². The van der Waals surface area contributed by atoms with Gasteiger partial charge in [0, 0.05) is 32.0 Å². The number of hydrogen-bond acceptors (Lipinski definition) is 4. The zero-order chi connectivity index (χ0) is 22.4. The Morgan fingerprint density at radius 1 is 0.969 bits per heavy atom. The Labute approximate surface area is 191 Å². The van der Waals surface area contributed by atoms with Crippen molar-refractivity contribution < 1.29 is 14.6 Å². The van der Waals surface area contributed by atoms with Crippen molar-refractivity contribution in [2.75, 3.05) is 40.0 Å². The highest BCUT2D eigenvalue weighted by Gasteiger charge is 2.40. The first-order valence-electron chi connectivity index (χ1n) is 11.4. The van der Waals surface area contributed by atoms with Gasteiger partial charge in [-0.25, -0.2) is 0 Å². The number of methoxy groups -OCH3 is 1. The average molecular weight is 432 g/mol. The molecule has 0 bridgehead atoms. The molecular formula is C28H33NO3. The summed E-state index contributed by atoms with van der Waals surface area (Å²) in [6.07, 6.45) is 0.533. The second-order valence-corrected chi connectivity index (χ2v) is 8.69. The van der Waals surface area contributed by atoms with E-state index >= 15 is 0 Å². The SMILES string of the molecule is COc1ccc([C@](O)(Cc2cccc(C)c2)[C@@H](CN2CCOCC2)c2ccccc2)cc1. The number of benzene rings is 3. The Hall–Kier alpha value is -2.66. The number of hydrogen-bond donors (Lipinski definition) is 1. The number of aryl methyl sites for hydroxylation is 1. The topological polar surface area (TPSA) is 41.9 Å². The molecule has 0 amide bonds. The Balaban J connectivity index is 1.79.